The highest BCUT2D eigenvalue weighted by atomic mass is 35.5. The maximum Gasteiger partial charge on any atom is 0.235 e. The molecule has 0 aliphatic rings. The molecule has 1 amide bonds. The number of carbonyl (C=O) groups is 1. The Bertz CT molecular complexity index is 598. The van der Waals surface area contributed by atoms with E-state index in [2.05, 4.69) is 19.2 Å². The number of nitrogens with two attached hydrogens (primary N) is 1. The monoisotopic (exact) mass is 362 g/mol. The molecule has 0 saturated heterocycles. The average molecular weight is 363 g/mol. The van der Waals surface area contributed by atoms with Crippen LogP contribution in [0.5, 0.6) is 0 Å². The topological polar surface area (TPSA) is 89.3 Å². The molecule has 0 spiro atoms. The van der Waals surface area contributed by atoms with Crippen molar-refractivity contribution in [3.05, 3.63) is 35.4 Å². The van der Waals surface area contributed by atoms with Gasteiger partial charge < -0.3 is 11.1 Å². The van der Waals surface area contributed by atoms with Crippen molar-refractivity contribution < 1.29 is 13.2 Å². The summed E-state index contributed by atoms with van der Waals surface area (Å²) in [4.78, 5) is 11.7. The van der Waals surface area contributed by atoms with Crippen molar-refractivity contribution in [3.63, 3.8) is 0 Å². The normalized spacial score (nSPS) is 12.8. The van der Waals surface area contributed by atoms with E-state index in [4.69, 9.17) is 5.73 Å². The lowest BCUT2D eigenvalue weighted by Crippen LogP contribution is -2.37. The summed E-state index contributed by atoms with van der Waals surface area (Å²) >= 11 is 0. The second kappa shape index (κ2) is 9.25. The van der Waals surface area contributed by atoms with Crippen LogP contribution < -0.4 is 11.1 Å². The van der Waals surface area contributed by atoms with Gasteiger partial charge in [0.1, 0.15) is 5.75 Å². The fraction of sp³-hybridized carbons (Fsp3) is 0.562. The predicted octanol–water partition coefficient (Wildman–Crippen LogP) is 2.17. The van der Waals surface area contributed by atoms with E-state index < -0.39 is 26.7 Å². The molecule has 3 N–H and O–H groups in total. The van der Waals surface area contributed by atoms with Crippen LogP contribution in [-0.4, -0.2) is 31.9 Å². The van der Waals surface area contributed by atoms with E-state index in [1.165, 1.54) is 5.56 Å². The van der Waals surface area contributed by atoms with Gasteiger partial charge in [-0.25, -0.2) is 8.42 Å². The van der Waals surface area contributed by atoms with Crippen LogP contribution >= 0.6 is 12.4 Å². The van der Waals surface area contributed by atoms with Crippen LogP contribution in [0.3, 0.4) is 0 Å². The van der Waals surface area contributed by atoms with E-state index in [0.717, 1.165) is 5.56 Å². The minimum absolute atomic E-state index is 0. The third-order valence-electron chi connectivity index (χ3n) is 3.60. The summed E-state index contributed by atoms with van der Waals surface area (Å²) < 4.78 is 23.3. The highest BCUT2D eigenvalue weighted by molar-refractivity contribution is 7.92. The lowest BCUT2D eigenvalue weighted by molar-refractivity contribution is -0.118. The largest absolute Gasteiger partial charge is 0.353 e. The first-order chi connectivity index (χ1) is 10.1. The zero-order valence-electron chi connectivity index (χ0n) is 14.1. The minimum Gasteiger partial charge on any atom is -0.353 e. The molecule has 132 valence electrons. The van der Waals surface area contributed by atoms with E-state index in [-0.39, 0.29) is 25.0 Å². The molecular formula is C16H27ClN2O3S. The Morgan fingerprint density at radius 2 is 1.57 bits per heavy atom. The summed E-state index contributed by atoms with van der Waals surface area (Å²) in [5.74, 6) is -0.557. The molecule has 1 aromatic rings. The second-order valence-corrected chi connectivity index (χ2v) is 8.65. The van der Waals surface area contributed by atoms with Crippen molar-refractivity contribution in [1.29, 1.82) is 0 Å². The number of rotatable bonds is 7. The number of sulfone groups is 1. The lowest BCUT2D eigenvalue weighted by atomic mass is 9.99. The van der Waals surface area contributed by atoms with Crippen LogP contribution in [0.15, 0.2) is 24.3 Å². The van der Waals surface area contributed by atoms with E-state index in [0.29, 0.717) is 5.92 Å². The highest BCUT2D eigenvalue weighted by Gasteiger charge is 2.20. The summed E-state index contributed by atoms with van der Waals surface area (Å²) in [7, 11) is -3.38. The molecule has 0 heterocycles. The second-order valence-electron chi connectivity index (χ2n) is 6.09. The van der Waals surface area contributed by atoms with Crippen molar-refractivity contribution in [2.45, 2.75) is 44.9 Å². The Balaban J connectivity index is 0.00000484. The Morgan fingerprint density at radius 1 is 1.09 bits per heavy atom. The molecule has 0 saturated carbocycles. The first-order valence-electron chi connectivity index (χ1n) is 7.47. The molecule has 7 heteroatoms. The van der Waals surface area contributed by atoms with Crippen LogP contribution in [0.25, 0.3) is 0 Å². The van der Waals surface area contributed by atoms with Gasteiger partial charge in [-0.05, 0) is 30.9 Å². The van der Waals surface area contributed by atoms with Gasteiger partial charge in [0, 0.05) is 12.6 Å². The summed E-state index contributed by atoms with van der Waals surface area (Å²) in [6.45, 7) is 7.57. The van der Waals surface area contributed by atoms with Crippen molar-refractivity contribution in [3.8, 4) is 0 Å². The molecule has 0 aliphatic heterocycles. The van der Waals surface area contributed by atoms with Gasteiger partial charge >= 0.3 is 0 Å². The van der Waals surface area contributed by atoms with Gasteiger partial charge in [0.05, 0.1) is 5.25 Å². The van der Waals surface area contributed by atoms with Crippen molar-refractivity contribution in [2.75, 3.05) is 12.3 Å². The van der Waals surface area contributed by atoms with E-state index in [1.807, 2.05) is 24.3 Å². The van der Waals surface area contributed by atoms with Gasteiger partial charge in [0.2, 0.25) is 5.91 Å². The van der Waals surface area contributed by atoms with Crippen LogP contribution in [0.4, 0.5) is 0 Å². The predicted molar refractivity (Wildman–Crippen MR) is 96.6 cm³/mol. The molecule has 0 bridgehead atoms. The SMILES string of the molecule is CC(C)c1ccc(C(N)CNC(=O)CS(=O)(=O)C(C)C)cc1.Cl. The van der Waals surface area contributed by atoms with Crippen molar-refractivity contribution in [1.82, 2.24) is 5.32 Å². The molecule has 1 unspecified atom stereocenters. The van der Waals surface area contributed by atoms with Crippen LogP contribution in [-0.2, 0) is 14.6 Å². The molecule has 1 aromatic carbocycles. The van der Waals surface area contributed by atoms with Gasteiger partial charge in [-0.3, -0.25) is 4.79 Å². The first kappa shape index (κ1) is 21.9. The Labute approximate surface area is 145 Å². The minimum atomic E-state index is -3.38. The maximum atomic E-state index is 11.7. The number of amides is 1. The number of halogens is 1. The maximum absolute atomic E-state index is 11.7. The molecular weight excluding hydrogens is 336 g/mol. The van der Waals surface area contributed by atoms with Crippen molar-refractivity contribution in [2.24, 2.45) is 5.73 Å². The highest BCUT2D eigenvalue weighted by Crippen LogP contribution is 2.17. The van der Waals surface area contributed by atoms with Crippen LogP contribution in [0.1, 0.15) is 50.8 Å². The number of hydrogen-bond donors (Lipinski definition) is 2. The van der Waals surface area contributed by atoms with Gasteiger partial charge in [-0.2, -0.15) is 0 Å². The fourth-order valence-corrected chi connectivity index (χ4v) is 2.67. The number of nitrogens with one attached hydrogen (secondary N) is 1. The van der Waals surface area contributed by atoms with Gasteiger partial charge in [0.15, 0.2) is 9.84 Å². The quantitative estimate of drug-likeness (QED) is 0.777. The molecule has 0 radical (unpaired) electrons. The first-order valence-corrected chi connectivity index (χ1v) is 9.18. The van der Waals surface area contributed by atoms with Crippen LogP contribution in [0, 0.1) is 0 Å². The third-order valence-corrected chi connectivity index (χ3v) is 5.70. The van der Waals surface area contributed by atoms with Gasteiger partial charge in [0.25, 0.3) is 0 Å². The number of carbonyl (C=O) groups excluding carboxylic acids is 1. The van der Waals surface area contributed by atoms with Gasteiger partial charge in [-0.15, -0.1) is 12.4 Å². The third kappa shape index (κ3) is 6.89. The molecule has 0 fully saturated rings. The molecule has 1 atom stereocenters. The zero-order valence-corrected chi connectivity index (χ0v) is 15.7. The fourth-order valence-electron chi connectivity index (χ4n) is 1.87. The molecule has 5 nitrogen and oxygen atoms in total. The standard InChI is InChI=1S/C16H26N2O3S.ClH/c1-11(2)13-5-7-14(8-6-13)15(17)9-18-16(19)10-22(20,21)12(3)4;/h5-8,11-12,15H,9-10,17H2,1-4H3,(H,18,19);1H. The van der Waals surface area contributed by atoms with Crippen molar-refractivity contribution >= 4 is 28.2 Å². The zero-order chi connectivity index (χ0) is 16.9. The molecule has 0 aliphatic carbocycles. The van der Waals surface area contributed by atoms with Crippen LogP contribution in [0.2, 0.25) is 0 Å². The lowest BCUT2D eigenvalue weighted by Gasteiger charge is -2.15. The molecule has 23 heavy (non-hydrogen) atoms. The Morgan fingerprint density at radius 3 is 2.00 bits per heavy atom. The average Bonchev–Trinajstić information content (AvgIpc) is 2.44. The number of hydrogen-bond acceptors (Lipinski definition) is 4. The summed E-state index contributed by atoms with van der Waals surface area (Å²) in [5.41, 5.74) is 8.17. The van der Waals surface area contributed by atoms with E-state index in [1.54, 1.807) is 13.8 Å². The smallest absolute Gasteiger partial charge is 0.235 e. The number of benzene rings is 1. The van der Waals surface area contributed by atoms with E-state index >= 15 is 0 Å². The molecule has 1 rings (SSSR count). The summed E-state index contributed by atoms with van der Waals surface area (Å²) in [5, 5.41) is 2.03. The summed E-state index contributed by atoms with van der Waals surface area (Å²) in [6, 6.07) is 7.57. The van der Waals surface area contributed by atoms with Gasteiger partial charge in [-0.1, -0.05) is 38.1 Å². The summed E-state index contributed by atoms with van der Waals surface area (Å²) in [6.07, 6.45) is 0. The Hall–Kier alpha value is -1.11. The van der Waals surface area contributed by atoms with E-state index in [9.17, 15) is 13.2 Å². The molecule has 0 aromatic heterocycles. The Kier molecular flexibility index (Phi) is 8.80.